The van der Waals surface area contributed by atoms with Crippen molar-refractivity contribution in [1.82, 2.24) is 4.90 Å². The molecule has 2 saturated heterocycles. The number of carboxylic acids is 1. The van der Waals surface area contributed by atoms with Gasteiger partial charge in [0.15, 0.2) is 9.84 Å². The number of ether oxygens (including phenoxy) is 1. The molecule has 1 aromatic rings. The molecule has 1 N–H and O–H groups in total. The van der Waals surface area contributed by atoms with Gasteiger partial charge in [-0.05, 0) is 49.9 Å². The number of carbonyl (C=O) groups excluding carboxylic acids is 1. The molecule has 142 valence electrons. The van der Waals surface area contributed by atoms with E-state index < -0.39 is 21.8 Å². The van der Waals surface area contributed by atoms with Crippen LogP contribution >= 0.6 is 0 Å². The van der Waals surface area contributed by atoms with Crippen LogP contribution in [-0.2, 0) is 14.6 Å². The molecular formula is C18H23NO6S. The molecule has 3 rings (SSSR count). The number of aryl methyl sites for hydroxylation is 1. The van der Waals surface area contributed by atoms with E-state index in [0.717, 1.165) is 12.8 Å². The number of amides is 1. The van der Waals surface area contributed by atoms with Gasteiger partial charge >= 0.3 is 5.97 Å². The fourth-order valence-electron chi connectivity index (χ4n) is 3.62. The molecule has 2 fully saturated rings. The van der Waals surface area contributed by atoms with E-state index in [4.69, 9.17) is 4.74 Å². The summed E-state index contributed by atoms with van der Waals surface area (Å²) in [5.74, 6) is -1.42. The van der Waals surface area contributed by atoms with E-state index in [1.54, 1.807) is 17.9 Å². The molecule has 0 bridgehead atoms. The Hall–Kier alpha value is -1.93. The van der Waals surface area contributed by atoms with Crippen LogP contribution in [0.5, 0.6) is 0 Å². The number of carboxylic acid groups (broad SMARTS) is 1. The second-order valence-corrected chi connectivity index (χ2v) is 9.27. The van der Waals surface area contributed by atoms with Crippen LogP contribution in [-0.4, -0.2) is 67.1 Å². The average molecular weight is 381 g/mol. The second kappa shape index (κ2) is 7.36. The molecule has 0 aromatic heterocycles. The monoisotopic (exact) mass is 381 g/mol. The summed E-state index contributed by atoms with van der Waals surface area (Å²) in [6.45, 7) is 2.70. The lowest BCUT2D eigenvalue weighted by molar-refractivity contribution is 0.0441. The number of carbonyl (C=O) groups is 2. The van der Waals surface area contributed by atoms with Gasteiger partial charge in [0.25, 0.3) is 5.91 Å². The van der Waals surface area contributed by atoms with Crippen LogP contribution in [0.2, 0.25) is 0 Å². The summed E-state index contributed by atoms with van der Waals surface area (Å²) in [6, 6.07) is 4.10. The standard InChI is InChI=1S/C18H23NO6S/c1-12-7-13(9-14(8-12)18(21)22)17(20)19(10-16-3-2-5-25-16)15-4-6-26(23,24)11-15/h7-9,15-16H,2-6,10-11H2,1H3,(H,21,22). The minimum atomic E-state index is -3.15. The maximum atomic E-state index is 13.1. The van der Waals surface area contributed by atoms with E-state index in [0.29, 0.717) is 25.1 Å². The van der Waals surface area contributed by atoms with E-state index in [-0.39, 0.29) is 34.6 Å². The normalized spacial score (nSPS) is 24.5. The maximum absolute atomic E-state index is 13.1. The third-order valence-corrected chi connectivity index (χ3v) is 6.66. The van der Waals surface area contributed by atoms with Crippen molar-refractivity contribution < 1.29 is 27.9 Å². The maximum Gasteiger partial charge on any atom is 0.335 e. The number of sulfone groups is 1. The van der Waals surface area contributed by atoms with E-state index in [1.165, 1.54) is 12.1 Å². The highest BCUT2D eigenvalue weighted by Gasteiger charge is 2.36. The van der Waals surface area contributed by atoms with Gasteiger partial charge in [0.1, 0.15) is 0 Å². The molecule has 0 spiro atoms. The van der Waals surface area contributed by atoms with Crippen LogP contribution in [0.15, 0.2) is 18.2 Å². The Morgan fingerprint density at radius 1 is 1.23 bits per heavy atom. The molecule has 2 atom stereocenters. The fraction of sp³-hybridized carbons (Fsp3) is 0.556. The predicted molar refractivity (Wildman–Crippen MR) is 95.2 cm³/mol. The van der Waals surface area contributed by atoms with Crippen molar-refractivity contribution in [2.24, 2.45) is 0 Å². The number of benzene rings is 1. The Labute approximate surface area is 152 Å². The molecular weight excluding hydrogens is 358 g/mol. The smallest absolute Gasteiger partial charge is 0.335 e. The minimum absolute atomic E-state index is 0.0458. The molecule has 7 nitrogen and oxygen atoms in total. The lowest BCUT2D eigenvalue weighted by Crippen LogP contribution is -2.45. The van der Waals surface area contributed by atoms with Gasteiger partial charge in [-0.2, -0.15) is 0 Å². The quantitative estimate of drug-likeness (QED) is 0.829. The fourth-order valence-corrected chi connectivity index (χ4v) is 5.35. The molecule has 2 aliphatic rings. The molecule has 1 amide bonds. The zero-order chi connectivity index (χ0) is 18.9. The summed E-state index contributed by atoms with van der Waals surface area (Å²) in [5, 5.41) is 9.24. The molecule has 2 aliphatic heterocycles. The van der Waals surface area contributed by atoms with E-state index >= 15 is 0 Å². The lowest BCUT2D eigenvalue weighted by atomic mass is 10.0. The summed E-state index contributed by atoms with van der Waals surface area (Å²) in [4.78, 5) is 26.0. The van der Waals surface area contributed by atoms with Crippen molar-refractivity contribution in [1.29, 1.82) is 0 Å². The van der Waals surface area contributed by atoms with Gasteiger partial charge in [0, 0.05) is 24.8 Å². The van der Waals surface area contributed by atoms with Gasteiger partial charge in [-0.3, -0.25) is 4.79 Å². The summed E-state index contributed by atoms with van der Waals surface area (Å²) in [5.41, 5.74) is 0.985. The molecule has 2 heterocycles. The summed E-state index contributed by atoms with van der Waals surface area (Å²) >= 11 is 0. The molecule has 8 heteroatoms. The number of nitrogens with zero attached hydrogens (tertiary/aromatic N) is 1. The highest BCUT2D eigenvalue weighted by atomic mass is 32.2. The van der Waals surface area contributed by atoms with Gasteiger partial charge in [0.05, 0.1) is 23.2 Å². The first-order valence-electron chi connectivity index (χ1n) is 8.73. The first-order chi connectivity index (χ1) is 12.2. The van der Waals surface area contributed by atoms with Crippen LogP contribution < -0.4 is 0 Å². The lowest BCUT2D eigenvalue weighted by Gasteiger charge is -2.30. The molecule has 0 radical (unpaired) electrons. The van der Waals surface area contributed by atoms with E-state index in [1.807, 2.05) is 0 Å². The van der Waals surface area contributed by atoms with Crippen LogP contribution in [0.1, 0.15) is 45.5 Å². The zero-order valence-corrected chi connectivity index (χ0v) is 15.5. The van der Waals surface area contributed by atoms with E-state index in [9.17, 15) is 23.1 Å². The molecule has 2 unspecified atom stereocenters. The topological polar surface area (TPSA) is 101 Å². The van der Waals surface area contributed by atoms with Crippen LogP contribution in [0.3, 0.4) is 0 Å². The summed E-state index contributed by atoms with van der Waals surface area (Å²) in [7, 11) is -3.15. The Balaban J connectivity index is 1.90. The largest absolute Gasteiger partial charge is 0.478 e. The average Bonchev–Trinajstić information content (AvgIpc) is 3.20. The first-order valence-corrected chi connectivity index (χ1v) is 10.6. The molecule has 0 saturated carbocycles. The van der Waals surface area contributed by atoms with E-state index in [2.05, 4.69) is 0 Å². The molecule has 26 heavy (non-hydrogen) atoms. The number of hydrogen-bond donors (Lipinski definition) is 1. The Morgan fingerprint density at radius 3 is 2.54 bits per heavy atom. The van der Waals surface area contributed by atoms with Crippen molar-refractivity contribution in [3.8, 4) is 0 Å². The van der Waals surface area contributed by atoms with Gasteiger partial charge in [-0.1, -0.05) is 0 Å². The number of hydrogen-bond acceptors (Lipinski definition) is 5. The zero-order valence-electron chi connectivity index (χ0n) is 14.7. The highest BCUT2D eigenvalue weighted by Crippen LogP contribution is 2.24. The van der Waals surface area contributed by atoms with Gasteiger partial charge in [0.2, 0.25) is 0 Å². The van der Waals surface area contributed by atoms with Gasteiger partial charge < -0.3 is 14.7 Å². The predicted octanol–water partition coefficient (Wildman–Crippen LogP) is 1.50. The third-order valence-electron chi connectivity index (χ3n) is 4.91. The van der Waals surface area contributed by atoms with Crippen LogP contribution in [0.4, 0.5) is 0 Å². The summed E-state index contributed by atoms with van der Waals surface area (Å²) < 4.78 is 29.4. The highest BCUT2D eigenvalue weighted by molar-refractivity contribution is 7.91. The van der Waals surface area contributed by atoms with Crippen molar-refractivity contribution in [3.05, 3.63) is 34.9 Å². The van der Waals surface area contributed by atoms with Gasteiger partial charge in [-0.15, -0.1) is 0 Å². The Bertz CT molecular complexity index is 813. The number of aromatic carboxylic acids is 1. The van der Waals surface area contributed by atoms with Crippen LogP contribution in [0.25, 0.3) is 0 Å². The van der Waals surface area contributed by atoms with Crippen molar-refractivity contribution in [3.63, 3.8) is 0 Å². The molecule has 1 aromatic carbocycles. The second-order valence-electron chi connectivity index (χ2n) is 7.04. The van der Waals surface area contributed by atoms with Crippen LogP contribution in [0, 0.1) is 6.92 Å². The molecule has 0 aliphatic carbocycles. The number of rotatable bonds is 5. The Kier molecular flexibility index (Phi) is 5.34. The van der Waals surface area contributed by atoms with Gasteiger partial charge in [-0.25, -0.2) is 13.2 Å². The van der Waals surface area contributed by atoms with Crippen molar-refractivity contribution >= 4 is 21.7 Å². The third kappa shape index (κ3) is 4.24. The Morgan fingerprint density at radius 2 is 1.96 bits per heavy atom. The van der Waals surface area contributed by atoms with Crippen molar-refractivity contribution in [2.75, 3.05) is 24.7 Å². The minimum Gasteiger partial charge on any atom is -0.478 e. The first kappa shape index (κ1) is 18.8. The summed E-state index contributed by atoms with van der Waals surface area (Å²) in [6.07, 6.45) is 2.05. The SMILES string of the molecule is Cc1cc(C(=O)O)cc(C(=O)N(CC2CCCO2)C2CCS(=O)(=O)C2)c1. The van der Waals surface area contributed by atoms with Crippen molar-refractivity contribution in [2.45, 2.75) is 38.3 Å².